The SMILES string of the molecule is Nc1c(Cl)ccc(S(=O)(=O)NC=O)c1Cl. The number of sulfonamides is 1. The van der Waals surface area contributed by atoms with Crippen molar-refractivity contribution in [1.29, 1.82) is 0 Å². The van der Waals surface area contributed by atoms with Crippen molar-refractivity contribution in [1.82, 2.24) is 4.72 Å². The van der Waals surface area contributed by atoms with Crippen molar-refractivity contribution in [2.75, 3.05) is 5.73 Å². The summed E-state index contributed by atoms with van der Waals surface area (Å²) < 4.78 is 24.4. The fourth-order valence-corrected chi connectivity index (χ4v) is 2.41. The molecule has 0 bridgehead atoms. The zero-order valence-electron chi connectivity index (χ0n) is 7.20. The third kappa shape index (κ3) is 2.34. The van der Waals surface area contributed by atoms with Crippen LogP contribution in [0.5, 0.6) is 0 Å². The number of nitrogen functional groups attached to an aromatic ring is 1. The van der Waals surface area contributed by atoms with Crippen LogP contribution in [0.1, 0.15) is 0 Å². The van der Waals surface area contributed by atoms with E-state index in [1.807, 2.05) is 0 Å². The monoisotopic (exact) mass is 268 g/mol. The van der Waals surface area contributed by atoms with Crippen LogP contribution in [-0.4, -0.2) is 14.8 Å². The number of hydrogen-bond acceptors (Lipinski definition) is 4. The summed E-state index contributed by atoms with van der Waals surface area (Å²) in [6, 6.07) is 2.44. The molecule has 1 aromatic rings. The molecule has 0 saturated carbocycles. The highest BCUT2D eigenvalue weighted by atomic mass is 35.5. The molecule has 8 heteroatoms. The van der Waals surface area contributed by atoms with Crippen LogP contribution >= 0.6 is 23.2 Å². The van der Waals surface area contributed by atoms with E-state index in [2.05, 4.69) is 0 Å². The number of carbonyl (C=O) groups excluding carboxylic acids is 1. The Morgan fingerprint density at radius 3 is 2.47 bits per heavy atom. The number of benzene rings is 1. The maximum atomic E-state index is 11.4. The molecule has 15 heavy (non-hydrogen) atoms. The van der Waals surface area contributed by atoms with Crippen molar-refractivity contribution in [2.45, 2.75) is 4.90 Å². The van der Waals surface area contributed by atoms with Gasteiger partial charge in [-0.15, -0.1) is 0 Å². The molecule has 0 radical (unpaired) electrons. The van der Waals surface area contributed by atoms with E-state index in [4.69, 9.17) is 28.9 Å². The maximum Gasteiger partial charge on any atom is 0.265 e. The molecule has 5 nitrogen and oxygen atoms in total. The highest BCUT2D eigenvalue weighted by molar-refractivity contribution is 7.90. The molecule has 1 rings (SSSR count). The van der Waals surface area contributed by atoms with E-state index in [1.54, 1.807) is 4.72 Å². The number of amides is 1. The van der Waals surface area contributed by atoms with E-state index in [0.29, 0.717) is 0 Å². The number of carbonyl (C=O) groups is 1. The van der Waals surface area contributed by atoms with Crippen LogP contribution in [0, 0.1) is 0 Å². The van der Waals surface area contributed by atoms with E-state index in [0.717, 1.165) is 6.07 Å². The molecule has 0 aliphatic carbocycles. The smallest absolute Gasteiger partial charge is 0.265 e. The standard InChI is InChI=1S/C7H6Cl2N2O3S/c8-4-1-2-5(6(9)7(4)10)15(13,14)11-3-12/h1-3H,10H2,(H,11,12). The summed E-state index contributed by atoms with van der Waals surface area (Å²) >= 11 is 11.3. The minimum absolute atomic E-state index is 0.0382. The third-order valence-corrected chi connectivity index (χ3v) is 3.76. The molecule has 0 spiro atoms. The number of halogens is 2. The number of anilines is 1. The summed E-state index contributed by atoms with van der Waals surface area (Å²) in [5.74, 6) is 0. The van der Waals surface area contributed by atoms with Crippen LogP contribution < -0.4 is 10.5 Å². The predicted octanol–water partition coefficient (Wildman–Crippen LogP) is 1.01. The molecule has 0 unspecified atom stereocenters. The van der Waals surface area contributed by atoms with Crippen molar-refractivity contribution < 1.29 is 13.2 Å². The van der Waals surface area contributed by atoms with Gasteiger partial charge in [-0.3, -0.25) is 9.52 Å². The maximum absolute atomic E-state index is 11.4. The Labute approximate surface area is 96.2 Å². The van der Waals surface area contributed by atoms with Gasteiger partial charge < -0.3 is 5.73 Å². The Bertz CT molecular complexity index is 501. The van der Waals surface area contributed by atoms with E-state index >= 15 is 0 Å². The lowest BCUT2D eigenvalue weighted by Gasteiger charge is -2.07. The second kappa shape index (κ2) is 4.26. The van der Waals surface area contributed by atoms with Gasteiger partial charge in [-0.1, -0.05) is 23.2 Å². The van der Waals surface area contributed by atoms with Gasteiger partial charge in [-0.2, -0.15) is 0 Å². The average molecular weight is 269 g/mol. The van der Waals surface area contributed by atoms with Gasteiger partial charge >= 0.3 is 0 Å². The highest BCUT2D eigenvalue weighted by Gasteiger charge is 2.19. The topological polar surface area (TPSA) is 89.3 Å². The Balaban J connectivity index is 3.40. The van der Waals surface area contributed by atoms with Crippen molar-refractivity contribution >= 4 is 45.3 Å². The summed E-state index contributed by atoms with van der Waals surface area (Å²) in [5.41, 5.74) is 5.38. The predicted molar refractivity (Wildman–Crippen MR) is 57.3 cm³/mol. The minimum atomic E-state index is -3.97. The number of nitrogens with one attached hydrogen (secondary N) is 1. The fraction of sp³-hybridized carbons (Fsp3) is 0. The average Bonchev–Trinajstić information content (AvgIpc) is 2.13. The lowest BCUT2D eigenvalue weighted by Crippen LogP contribution is -2.22. The van der Waals surface area contributed by atoms with Gasteiger partial charge in [0.2, 0.25) is 6.41 Å². The Morgan fingerprint density at radius 2 is 1.93 bits per heavy atom. The van der Waals surface area contributed by atoms with E-state index in [-0.39, 0.29) is 27.0 Å². The lowest BCUT2D eigenvalue weighted by molar-refractivity contribution is -0.108. The lowest BCUT2D eigenvalue weighted by atomic mass is 10.3. The summed E-state index contributed by atoms with van der Waals surface area (Å²) in [6.07, 6.45) is 0.0382. The Hall–Kier alpha value is -0.980. The largest absolute Gasteiger partial charge is 0.396 e. The summed E-state index contributed by atoms with van der Waals surface area (Å²) in [5, 5.41) is -0.0677. The minimum Gasteiger partial charge on any atom is -0.396 e. The molecule has 0 fully saturated rings. The third-order valence-electron chi connectivity index (χ3n) is 1.58. The summed E-state index contributed by atoms with van der Waals surface area (Å²) in [4.78, 5) is 9.77. The zero-order chi connectivity index (χ0) is 11.6. The van der Waals surface area contributed by atoms with Crippen LogP contribution in [0.2, 0.25) is 10.0 Å². The normalized spacial score (nSPS) is 11.1. The summed E-state index contributed by atoms with van der Waals surface area (Å²) in [6.45, 7) is 0. The summed E-state index contributed by atoms with van der Waals surface area (Å²) in [7, 11) is -3.97. The van der Waals surface area contributed by atoms with Gasteiger partial charge in [-0.05, 0) is 12.1 Å². The number of nitrogens with two attached hydrogens (primary N) is 1. The van der Waals surface area contributed by atoms with Gasteiger partial charge in [0.25, 0.3) is 10.0 Å². The first-order chi connectivity index (χ1) is 6.90. The molecule has 0 aliphatic rings. The number of hydrogen-bond donors (Lipinski definition) is 2. The molecular formula is C7H6Cl2N2O3S. The quantitative estimate of drug-likeness (QED) is 0.633. The van der Waals surface area contributed by atoms with Crippen LogP contribution in [0.4, 0.5) is 5.69 Å². The second-order valence-corrected chi connectivity index (χ2v) is 4.98. The second-order valence-electron chi connectivity index (χ2n) is 2.51. The first-order valence-corrected chi connectivity index (χ1v) is 5.83. The molecule has 1 amide bonds. The molecule has 1 aromatic carbocycles. The van der Waals surface area contributed by atoms with Crippen molar-refractivity contribution in [3.05, 3.63) is 22.2 Å². The molecule has 0 atom stereocenters. The molecule has 0 heterocycles. The van der Waals surface area contributed by atoms with Crippen molar-refractivity contribution in [2.24, 2.45) is 0 Å². The van der Waals surface area contributed by atoms with Crippen molar-refractivity contribution in [3.8, 4) is 0 Å². The molecule has 82 valence electrons. The van der Waals surface area contributed by atoms with Crippen LogP contribution in [0.3, 0.4) is 0 Å². The molecule has 0 aliphatic heterocycles. The molecule has 0 saturated heterocycles. The molecule has 3 N–H and O–H groups in total. The van der Waals surface area contributed by atoms with Gasteiger partial charge in [0.15, 0.2) is 0 Å². The molecule has 0 aromatic heterocycles. The van der Waals surface area contributed by atoms with Gasteiger partial charge in [-0.25, -0.2) is 8.42 Å². The van der Waals surface area contributed by atoms with Gasteiger partial charge in [0, 0.05) is 0 Å². The number of rotatable bonds is 3. The Kier molecular flexibility index (Phi) is 3.43. The first-order valence-electron chi connectivity index (χ1n) is 3.59. The Morgan fingerprint density at radius 1 is 1.33 bits per heavy atom. The van der Waals surface area contributed by atoms with Gasteiger partial charge in [0.05, 0.1) is 15.7 Å². The van der Waals surface area contributed by atoms with Crippen molar-refractivity contribution in [3.63, 3.8) is 0 Å². The van der Waals surface area contributed by atoms with E-state index < -0.39 is 10.0 Å². The van der Waals surface area contributed by atoms with Crippen LogP contribution in [0.15, 0.2) is 17.0 Å². The van der Waals surface area contributed by atoms with E-state index in [9.17, 15) is 13.2 Å². The fourth-order valence-electron chi connectivity index (χ4n) is 0.884. The van der Waals surface area contributed by atoms with Gasteiger partial charge in [0.1, 0.15) is 4.90 Å². The zero-order valence-corrected chi connectivity index (χ0v) is 9.53. The highest BCUT2D eigenvalue weighted by Crippen LogP contribution is 2.32. The first kappa shape index (κ1) is 12.1. The van der Waals surface area contributed by atoms with Crippen LogP contribution in [0.25, 0.3) is 0 Å². The van der Waals surface area contributed by atoms with Crippen LogP contribution in [-0.2, 0) is 14.8 Å². The van der Waals surface area contributed by atoms with E-state index in [1.165, 1.54) is 6.07 Å². The molecular weight excluding hydrogens is 263 g/mol.